The van der Waals surface area contributed by atoms with Gasteiger partial charge in [-0.1, -0.05) is 6.07 Å². The Morgan fingerprint density at radius 1 is 1.12 bits per heavy atom. The molecule has 0 saturated carbocycles. The monoisotopic (exact) mass is 365 g/mol. The van der Waals surface area contributed by atoms with Gasteiger partial charge in [-0.3, -0.25) is 0 Å². The van der Waals surface area contributed by atoms with Crippen molar-refractivity contribution in [2.24, 2.45) is 4.99 Å². The van der Waals surface area contributed by atoms with Crippen LogP contribution in [0.1, 0.15) is 25.3 Å². The zero-order valence-corrected chi connectivity index (χ0v) is 15.9. The van der Waals surface area contributed by atoms with Crippen molar-refractivity contribution in [3.8, 4) is 11.5 Å². The SMILES string of the molecule is CCNC(=NCc1ccc2c(c1)OCCCO2)NCCCOCCOC. The molecular formula is C19H31N3O4. The van der Waals surface area contributed by atoms with Crippen LogP contribution in [0.5, 0.6) is 11.5 Å². The molecule has 146 valence electrons. The van der Waals surface area contributed by atoms with E-state index in [-0.39, 0.29) is 0 Å². The summed E-state index contributed by atoms with van der Waals surface area (Å²) in [5.41, 5.74) is 1.09. The zero-order chi connectivity index (χ0) is 18.5. The van der Waals surface area contributed by atoms with Crippen LogP contribution in [-0.4, -0.2) is 59.2 Å². The Hall–Kier alpha value is -1.99. The summed E-state index contributed by atoms with van der Waals surface area (Å²) in [4.78, 5) is 4.64. The van der Waals surface area contributed by atoms with Gasteiger partial charge >= 0.3 is 0 Å². The minimum Gasteiger partial charge on any atom is -0.490 e. The maximum atomic E-state index is 5.74. The third kappa shape index (κ3) is 7.49. The molecule has 1 aromatic rings. The fourth-order valence-electron chi connectivity index (χ4n) is 2.44. The molecule has 0 unspecified atom stereocenters. The van der Waals surface area contributed by atoms with Crippen molar-refractivity contribution in [3.05, 3.63) is 23.8 Å². The third-order valence-electron chi connectivity index (χ3n) is 3.77. The average Bonchev–Trinajstić information content (AvgIpc) is 2.90. The van der Waals surface area contributed by atoms with Crippen LogP contribution < -0.4 is 20.1 Å². The molecule has 7 nitrogen and oxygen atoms in total. The maximum Gasteiger partial charge on any atom is 0.191 e. The van der Waals surface area contributed by atoms with Gasteiger partial charge in [0.25, 0.3) is 0 Å². The predicted molar refractivity (Wildman–Crippen MR) is 102 cm³/mol. The highest BCUT2D eigenvalue weighted by atomic mass is 16.5. The van der Waals surface area contributed by atoms with Crippen LogP contribution in [0.25, 0.3) is 0 Å². The number of rotatable bonds is 10. The average molecular weight is 365 g/mol. The van der Waals surface area contributed by atoms with E-state index in [2.05, 4.69) is 22.5 Å². The lowest BCUT2D eigenvalue weighted by Gasteiger charge is -2.12. The highest BCUT2D eigenvalue weighted by molar-refractivity contribution is 5.79. The first-order chi connectivity index (χ1) is 12.8. The Kier molecular flexibility index (Phi) is 9.67. The van der Waals surface area contributed by atoms with Crippen LogP contribution in [0.4, 0.5) is 0 Å². The fourth-order valence-corrected chi connectivity index (χ4v) is 2.44. The van der Waals surface area contributed by atoms with Gasteiger partial charge in [0.1, 0.15) is 0 Å². The Balaban J connectivity index is 1.79. The molecule has 2 rings (SSSR count). The predicted octanol–water partition coefficient (Wildman–Crippen LogP) is 1.96. The summed E-state index contributed by atoms with van der Waals surface area (Å²) in [6.45, 7) is 7.62. The molecule has 26 heavy (non-hydrogen) atoms. The van der Waals surface area contributed by atoms with Gasteiger partial charge in [-0.2, -0.15) is 0 Å². The summed E-state index contributed by atoms with van der Waals surface area (Å²) in [7, 11) is 1.67. The molecule has 0 atom stereocenters. The number of ether oxygens (including phenoxy) is 4. The molecule has 7 heteroatoms. The Morgan fingerprint density at radius 2 is 1.96 bits per heavy atom. The van der Waals surface area contributed by atoms with Gasteiger partial charge in [-0.15, -0.1) is 0 Å². The second-order valence-corrected chi connectivity index (χ2v) is 5.91. The van der Waals surface area contributed by atoms with Crippen LogP contribution in [0.15, 0.2) is 23.2 Å². The molecule has 1 aliphatic heterocycles. The summed E-state index contributed by atoms with van der Waals surface area (Å²) in [5, 5.41) is 6.58. The molecule has 0 spiro atoms. The topological polar surface area (TPSA) is 73.3 Å². The number of nitrogens with one attached hydrogen (secondary N) is 2. The number of fused-ring (bicyclic) bond motifs is 1. The van der Waals surface area contributed by atoms with Gasteiger partial charge in [0.2, 0.25) is 0 Å². The van der Waals surface area contributed by atoms with Crippen molar-refractivity contribution >= 4 is 5.96 Å². The quantitative estimate of drug-likeness (QED) is 0.375. The second kappa shape index (κ2) is 12.4. The van der Waals surface area contributed by atoms with Crippen LogP contribution >= 0.6 is 0 Å². The molecule has 1 aromatic carbocycles. The van der Waals surface area contributed by atoms with E-state index in [1.165, 1.54) is 0 Å². The van der Waals surface area contributed by atoms with Crippen molar-refractivity contribution in [2.45, 2.75) is 26.3 Å². The number of benzene rings is 1. The van der Waals surface area contributed by atoms with Crippen molar-refractivity contribution in [1.82, 2.24) is 10.6 Å². The molecule has 1 aliphatic rings. The molecule has 2 N–H and O–H groups in total. The lowest BCUT2D eigenvalue weighted by Crippen LogP contribution is -2.38. The van der Waals surface area contributed by atoms with Crippen LogP contribution in [0, 0.1) is 0 Å². The second-order valence-electron chi connectivity index (χ2n) is 5.91. The van der Waals surface area contributed by atoms with Crippen LogP contribution in [-0.2, 0) is 16.0 Å². The van der Waals surface area contributed by atoms with E-state index in [0.717, 1.165) is 49.0 Å². The molecule has 0 fully saturated rings. The molecule has 0 saturated heterocycles. The third-order valence-corrected chi connectivity index (χ3v) is 3.77. The molecule has 0 radical (unpaired) electrons. The zero-order valence-electron chi connectivity index (χ0n) is 15.9. The first-order valence-corrected chi connectivity index (χ1v) is 9.31. The Labute approximate surface area is 156 Å². The van der Waals surface area contributed by atoms with Crippen LogP contribution in [0.3, 0.4) is 0 Å². The Morgan fingerprint density at radius 3 is 2.77 bits per heavy atom. The van der Waals surface area contributed by atoms with E-state index >= 15 is 0 Å². The lowest BCUT2D eigenvalue weighted by molar-refractivity contribution is 0.0698. The van der Waals surface area contributed by atoms with Gasteiger partial charge in [-0.05, 0) is 31.0 Å². The number of guanidine groups is 1. The minimum absolute atomic E-state index is 0.580. The molecular weight excluding hydrogens is 334 g/mol. The first kappa shape index (κ1) is 20.3. The van der Waals surface area contributed by atoms with Gasteiger partial charge in [0.05, 0.1) is 33.0 Å². The molecule has 0 aromatic heterocycles. The smallest absolute Gasteiger partial charge is 0.191 e. The largest absolute Gasteiger partial charge is 0.490 e. The lowest BCUT2D eigenvalue weighted by atomic mass is 10.2. The van der Waals surface area contributed by atoms with Gasteiger partial charge in [0, 0.05) is 33.2 Å². The summed E-state index contributed by atoms with van der Waals surface area (Å²) < 4.78 is 21.8. The Bertz CT molecular complexity index is 552. The fraction of sp³-hybridized carbons (Fsp3) is 0.632. The van der Waals surface area contributed by atoms with Crippen molar-refractivity contribution in [2.75, 3.05) is 53.2 Å². The number of nitrogens with zero attached hydrogens (tertiary/aromatic N) is 1. The summed E-state index contributed by atoms with van der Waals surface area (Å²) in [6, 6.07) is 6.00. The van der Waals surface area contributed by atoms with Crippen molar-refractivity contribution < 1.29 is 18.9 Å². The van der Waals surface area contributed by atoms with Gasteiger partial charge < -0.3 is 29.6 Å². The minimum atomic E-state index is 0.580. The van der Waals surface area contributed by atoms with E-state index in [1.54, 1.807) is 7.11 Å². The first-order valence-electron chi connectivity index (χ1n) is 9.31. The number of aliphatic imine (C=N–C) groups is 1. The summed E-state index contributed by atoms with van der Waals surface area (Å²) in [5.74, 6) is 2.42. The molecule has 0 bridgehead atoms. The van der Waals surface area contributed by atoms with Gasteiger partial charge in [-0.25, -0.2) is 4.99 Å². The standard InChI is InChI=1S/C19H31N3O4/c1-3-20-19(21-8-4-9-24-13-12-23-2)22-15-16-6-7-17-18(14-16)26-11-5-10-25-17/h6-7,14H,3-5,8-13,15H2,1-2H3,(H2,20,21,22). The highest BCUT2D eigenvalue weighted by Gasteiger charge is 2.10. The van der Waals surface area contributed by atoms with E-state index in [0.29, 0.717) is 39.6 Å². The van der Waals surface area contributed by atoms with E-state index < -0.39 is 0 Å². The number of hydrogen-bond donors (Lipinski definition) is 2. The molecule has 0 aliphatic carbocycles. The summed E-state index contributed by atoms with van der Waals surface area (Å²) in [6.07, 6.45) is 1.82. The van der Waals surface area contributed by atoms with Crippen molar-refractivity contribution in [3.63, 3.8) is 0 Å². The highest BCUT2D eigenvalue weighted by Crippen LogP contribution is 2.30. The normalized spacial score (nSPS) is 14.0. The number of hydrogen-bond acceptors (Lipinski definition) is 5. The van der Waals surface area contributed by atoms with E-state index in [4.69, 9.17) is 18.9 Å². The van der Waals surface area contributed by atoms with Gasteiger partial charge in [0.15, 0.2) is 17.5 Å². The number of methoxy groups -OCH3 is 1. The summed E-state index contributed by atoms with van der Waals surface area (Å²) >= 11 is 0. The molecule has 1 heterocycles. The van der Waals surface area contributed by atoms with Crippen LogP contribution in [0.2, 0.25) is 0 Å². The van der Waals surface area contributed by atoms with E-state index in [9.17, 15) is 0 Å². The molecule has 0 amide bonds. The maximum absolute atomic E-state index is 5.74. The van der Waals surface area contributed by atoms with E-state index in [1.807, 2.05) is 18.2 Å². The van der Waals surface area contributed by atoms with Crippen molar-refractivity contribution in [1.29, 1.82) is 0 Å².